The van der Waals surface area contributed by atoms with Crippen molar-refractivity contribution in [3.05, 3.63) is 90.0 Å². The first-order valence-electron chi connectivity index (χ1n) is 14.2. The summed E-state index contributed by atoms with van der Waals surface area (Å²) in [6.07, 6.45) is 11.4. The Kier molecular flexibility index (Phi) is 11.4. The Morgan fingerprint density at radius 1 is 0.927 bits per heavy atom. The molecule has 1 unspecified atom stereocenters. The molecule has 0 fully saturated rings. The first-order chi connectivity index (χ1) is 19.9. The molecule has 41 heavy (non-hydrogen) atoms. The molecule has 10 nitrogen and oxygen atoms in total. The Balaban J connectivity index is 1.23. The molecule has 0 bridgehead atoms. The molecule has 0 radical (unpaired) electrons. The second-order valence-electron chi connectivity index (χ2n) is 10.1. The van der Waals surface area contributed by atoms with E-state index in [0.717, 1.165) is 36.8 Å². The van der Waals surface area contributed by atoms with Crippen molar-refractivity contribution in [3.63, 3.8) is 0 Å². The summed E-state index contributed by atoms with van der Waals surface area (Å²) in [6.45, 7) is 3.31. The van der Waals surface area contributed by atoms with Crippen LogP contribution in [0.5, 0.6) is 0 Å². The lowest BCUT2D eigenvalue weighted by Crippen LogP contribution is -2.23. The van der Waals surface area contributed by atoms with Gasteiger partial charge in [0.05, 0.1) is 16.7 Å². The Bertz CT molecular complexity index is 1430. The number of aromatic nitrogens is 5. The summed E-state index contributed by atoms with van der Waals surface area (Å²) < 4.78 is 28.5. The van der Waals surface area contributed by atoms with Crippen LogP contribution in [-0.2, 0) is 22.9 Å². The monoisotopic (exact) mass is 577 g/mol. The van der Waals surface area contributed by atoms with Gasteiger partial charge in [0.2, 0.25) is 0 Å². The summed E-state index contributed by atoms with van der Waals surface area (Å²) in [7, 11) is -3.76. The first-order valence-corrected chi connectivity index (χ1v) is 15.7. The highest BCUT2D eigenvalue weighted by molar-refractivity contribution is 7.92. The second-order valence-corrected chi connectivity index (χ2v) is 11.7. The van der Waals surface area contributed by atoms with E-state index in [1.54, 1.807) is 42.7 Å². The second kappa shape index (κ2) is 15.4. The summed E-state index contributed by atoms with van der Waals surface area (Å²) in [5, 5.41) is 26.1. The van der Waals surface area contributed by atoms with Gasteiger partial charge in [-0.25, -0.2) is 8.42 Å². The van der Waals surface area contributed by atoms with E-state index in [0.29, 0.717) is 30.3 Å². The molecule has 3 N–H and O–H groups in total. The minimum absolute atomic E-state index is 0.147. The number of anilines is 1. The minimum Gasteiger partial charge on any atom is -0.387 e. The maximum atomic E-state index is 12.9. The molecular weight excluding hydrogens is 538 g/mol. The lowest BCUT2D eigenvalue weighted by molar-refractivity contribution is 0.174. The van der Waals surface area contributed by atoms with Gasteiger partial charge >= 0.3 is 0 Å². The third-order valence-corrected chi connectivity index (χ3v) is 8.19. The maximum Gasteiger partial charge on any atom is 0.261 e. The van der Waals surface area contributed by atoms with Gasteiger partial charge in [-0.15, -0.1) is 15.0 Å². The molecule has 4 rings (SSSR count). The van der Waals surface area contributed by atoms with Crippen LogP contribution in [0.25, 0.3) is 5.69 Å². The van der Waals surface area contributed by atoms with Crippen molar-refractivity contribution in [2.75, 3.05) is 17.8 Å². The zero-order valence-electron chi connectivity index (χ0n) is 23.5. The number of aryl methyl sites for hydroxylation is 1. The van der Waals surface area contributed by atoms with E-state index in [2.05, 4.69) is 37.4 Å². The molecule has 2 aromatic carbocycles. The molecule has 0 amide bonds. The lowest BCUT2D eigenvalue weighted by Gasteiger charge is -2.12. The number of tetrazole rings is 1. The molecule has 0 saturated carbocycles. The van der Waals surface area contributed by atoms with Crippen LogP contribution in [0.15, 0.2) is 78.0 Å². The zero-order valence-corrected chi connectivity index (χ0v) is 24.3. The number of aliphatic hydroxyl groups is 1. The fourth-order valence-electron chi connectivity index (χ4n) is 4.39. The number of hydrogen-bond donors (Lipinski definition) is 3. The summed E-state index contributed by atoms with van der Waals surface area (Å²) in [5.74, 6) is 0.695. The predicted octanol–water partition coefficient (Wildman–Crippen LogP) is 4.63. The molecule has 0 saturated heterocycles. The molecule has 0 aliphatic heterocycles. The highest BCUT2D eigenvalue weighted by atomic mass is 32.2. The maximum absolute atomic E-state index is 12.9. The number of nitrogens with one attached hydrogen (secondary N) is 2. The standard InChI is InChI=1S/C30H39N7O3S/c1-2-3-4-5-6-7-10-30-33-36-37(34-30)27-15-17-28(18-16-27)41(39,40)35-26-13-11-24(12-14-26)19-21-32-23-29(38)25-9-8-20-31-22-25/h8-9,11-18,20,22,29,32,35,38H,2-7,10,19,21,23H2,1H3. The predicted molar refractivity (Wildman–Crippen MR) is 159 cm³/mol. The Hall–Kier alpha value is -3.67. The van der Waals surface area contributed by atoms with Crippen molar-refractivity contribution in [3.8, 4) is 5.69 Å². The summed E-state index contributed by atoms with van der Waals surface area (Å²) in [5.41, 5.74) is 2.96. The number of benzene rings is 2. The Morgan fingerprint density at radius 2 is 1.68 bits per heavy atom. The van der Waals surface area contributed by atoms with Crippen molar-refractivity contribution in [2.24, 2.45) is 0 Å². The molecule has 4 aromatic rings. The molecule has 0 spiro atoms. The van der Waals surface area contributed by atoms with Gasteiger partial charge in [0.15, 0.2) is 5.82 Å². The van der Waals surface area contributed by atoms with Gasteiger partial charge in [-0.2, -0.15) is 0 Å². The fraction of sp³-hybridized carbons (Fsp3) is 0.400. The number of pyridine rings is 1. The average molecular weight is 578 g/mol. The normalized spacial score (nSPS) is 12.3. The molecule has 2 aromatic heterocycles. The highest BCUT2D eigenvalue weighted by Crippen LogP contribution is 2.19. The van der Waals surface area contributed by atoms with Gasteiger partial charge in [0.25, 0.3) is 10.0 Å². The van der Waals surface area contributed by atoms with Crippen molar-refractivity contribution in [2.45, 2.75) is 69.3 Å². The molecule has 0 aliphatic carbocycles. The summed E-state index contributed by atoms with van der Waals surface area (Å²) >= 11 is 0. The third-order valence-electron chi connectivity index (χ3n) is 6.79. The number of rotatable bonds is 17. The topological polar surface area (TPSA) is 135 Å². The Labute approximate surface area is 242 Å². The average Bonchev–Trinajstić information content (AvgIpc) is 3.47. The van der Waals surface area contributed by atoms with E-state index >= 15 is 0 Å². The lowest BCUT2D eigenvalue weighted by atomic mass is 10.1. The van der Waals surface area contributed by atoms with Crippen LogP contribution in [0.3, 0.4) is 0 Å². The van der Waals surface area contributed by atoms with Gasteiger partial charge in [-0.05, 0) is 72.6 Å². The molecule has 0 aliphatic rings. The summed E-state index contributed by atoms with van der Waals surface area (Å²) in [6, 6.07) is 17.3. The van der Waals surface area contributed by atoms with Crippen LogP contribution >= 0.6 is 0 Å². The van der Waals surface area contributed by atoms with Crippen molar-refractivity contribution < 1.29 is 13.5 Å². The zero-order chi connectivity index (χ0) is 28.9. The van der Waals surface area contributed by atoms with Crippen molar-refractivity contribution in [1.29, 1.82) is 0 Å². The van der Waals surface area contributed by atoms with Crippen LogP contribution in [0.2, 0.25) is 0 Å². The van der Waals surface area contributed by atoms with E-state index in [4.69, 9.17) is 0 Å². The smallest absolute Gasteiger partial charge is 0.261 e. The number of unbranched alkanes of at least 4 members (excludes halogenated alkanes) is 5. The number of hydrogen-bond acceptors (Lipinski definition) is 8. The molecule has 218 valence electrons. The first kappa shape index (κ1) is 30.3. The van der Waals surface area contributed by atoms with Crippen molar-refractivity contribution in [1.82, 2.24) is 30.5 Å². The number of aliphatic hydroxyl groups excluding tert-OH is 1. The highest BCUT2D eigenvalue weighted by Gasteiger charge is 2.15. The van der Waals surface area contributed by atoms with Crippen LogP contribution in [-0.4, -0.2) is 51.8 Å². The van der Waals surface area contributed by atoms with E-state index in [9.17, 15) is 13.5 Å². The summed E-state index contributed by atoms with van der Waals surface area (Å²) in [4.78, 5) is 5.60. The minimum atomic E-state index is -3.76. The van der Waals surface area contributed by atoms with Crippen molar-refractivity contribution >= 4 is 15.7 Å². The molecule has 2 heterocycles. The van der Waals surface area contributed by atoms with Gasteiger partial charge in [-0.1, -0.05) is 57.2 Å². The fourth-order valence-corrected chi connectivity index (χ4v) is 5.45. The third kappa shape index (κ3) is 9.44. The van der Waals surface area contributed by atoms with E-state index < -0.39 is 16.1 Å². The number of sulfonamides is 1. The van der Waals surface area contributed by atoms with Crippen LogP contribution in [0.4, 0.5) is 5.69 Å². The molecule has 1 atom stereocenters. The molecule has 11 heteroatoms. The van der Waals surface area contributed by atoms with E-state index in [1.807, 2.05) is 18.2 Å². The SMILES string of the molecule is CCCCCCCCc1nnn(-c2ccc(S(=O)(=O)Nc3ccc(CCNCC(O)c4cccnc4)cc3)cc2)n1. The van der Waals surface area contributed by atoms with E-state index in [1.165, 1.54) is 42.6 Å². The quantitative estimate of drug-likeness (QED) is 0.155. The largest absolute Gasteiger partial charge is 0.387 e. The molecular formula is C30H39N7O3S. The van der Waals surface area contributed by atoms with Gasteiger partial charge < -0.3 is 10.4 Å². The van der Waals surface area contributed by atoms with Crippen LogP contribution in [0.1, 0.15) is 68.5 Å². The van der Waals surface area contributed by atoms with E-state index in [-0.39, 0.29) is 4.90 Å². The van der Waals surface area contributed by atoms with Gasteiger partial charge in [0.1, 0.15) is 0 Å². The van der Waals surface area contributed by atoms with Crippen LogP contribution < -0.4 is 10.0 Å². The van der Waals surface area contributed by atoms with Crippen LogP contribution in [0, 0.1) is 0 Å². The van der Waals surface area contributed by atoms with Gasteiger partial charge in [0, 0.05) is 36.6 Å². The Morgan fingerprint density at radius 3 is 2.41 bits per heavy atom. The van der Waals surface area contributed by atoms with Gasteiger partial charge in [-0.3, -0.25) is 9.71 Å². The number of nitrogens with zero attached hydrogens (tertiary/aromatic N) is 5.